The van der Waals surface area contributed by atoms with Gasteiger partial charge >= 0.3 is 0 Å². The van der Waals surface area contributed by atoms with Crippen LogP contribution in [-0.2, 0) is 0 Å². The molecule has 2 rings (SSSR count). The van der Waals surface area contributed by atoms with Gasteiger partial charge < -0.3 is 10.6 Å². The summed E-state index contributed by atoms with van der Waals surface area (Å²) in [5.74, 6) is -0.648. The average molecular weight is 332 g/mol. The SMILES string of the molecule is CCC(C)NC(=O)c1cc(C(=O)Nc2ccccc2Cl)ccn1. The molecule has 0 fully saturated rings. The van der Waals surface area contributed by atoms with Gasteiger partial charge in [0.1, 0.15) is 5.69 Å². The summed E-state index contributed by atoms with van der Waals surface area (Å²) in [6, 6.07) is 10.0. The minimum atomic E-state index is -0.349. The van der Waals surface area contributed by atoms with Gasteiger partial charge in [-0.15, -0.1) is 0 Å². The van der Waals surface area contributed by atoms with Crippen molar-refractivity contribution in [2.45, 2.75) is 26.3 Å². The predicted octanol–water partition coefficient (Wildman–Crippen LogP) is 3.52. The molecule has 120 valence electrons. The number of carbonyl (C=O) groups is 2. The normalized spacial score (nSPS) is 11.6. The van der Waals surface area contributed by atoms with Gasteiger partial charge in [-0.1, -0.05) is 30.7 Å². The molecule has 1 aromatic heterocycles. The summed E-state index contributed by atoms with van der Waals surface area (Å²) in [6.45, 7) is 3.89. The van der Waals surface area contributed by atoms with E-state index in [0.29, 0.717) is 16.3 Å². The first-order chi connectivity index (χ1) is 11.0. The summed E-state index contributed by atoms with van der Waals surface area (Å²) in [7, 11) is 0. The Labute approximate surface area is 140 Å². The van der Waals surface area contributed by atoms with Gasteiger partial charge in [-0.05, 0) is 37.6 Å². The molecule has 5 nitrogen and oxygen atoms in total. The number of pyridine rings is 1. The van der Waals surface area contributed by atoms with Crippen LogP contribution in [0.5, 0.6) is 0 Å². The third-order valence-electron chi connectivity index (χ3n) is 3.37. The molecule has 1 heterocycles. The molecule has 0 aliphatic rings. The summed E-state index contributed by atoms with van der Waals surface area (Å²) in [5.41, 5.74) is 1.06. The number of para-hydroxylation sites is 1. The number of nitrogens with zero attached hydrogens (tertiary/aromatic N) is 1. The summed E-state index contributed by atoms with van der Waals surface area (Å²) in [4.78, 5) is 28.4. The second-order valence-corrected chi connectivity index (χ2v) is 5.55. The minimum absolute atomic E-state index is 0.0462. The number of benzene rings is 1. The van der Waals surface area contributed by atoms with Gasteiger partial charge in [0.15, 0.2) is 0 Å². The minimum Gasteiger partial charge on any atom is -0.348 e. The standard InChI is InChI=1S/C17H18ClN3O2/c1-3-11(2)20-17(23)15-10-12(8-9-19-15)16(22)21-14-7-5-4-6-13(14)18/h4-11H,3H2,1-2H3,(H,20,23)(H,21,22). The Balaban J connectivity index is 2.14. The Morgan fingerprint density at radius 3 is 2.65 bits per heavy atom. The van der Waals surface area contributed by atoms with Crippen molar-refractivity contribution in [2.75, 3.05) is 5.32 Å². The van der Waals surface area contributed by atoms with E-state index in [1.165, 1.54) is 12.3 Å². The van der Waals surface area contributed by atoms with Crippen LogP contribution < -0.4 is 10.6 Å². The zero-order valence-corrected chi connectivity index (χ0v) is 13.7. The van der Waals surface area contributed by atoms with Gasteiger partial charge in [0.05, 0.1) is 10.7 Å². The summed E-state index contributed by atoms with van der Waals surface area (Å²) >= 11 is 6.02. The van der Waals surface area contributed by atoms with Gasteiger partial charge in [0.2, 0.25) is 0 Å². The monoisotopic (exact) mass is 331 g/mol. The van der Waals surface area contributed by atoms with E-state index in [2.05, 4.69) is 15.6 Å². The molecule has 6 heteroatoms. The Morgan fingerprint density at radius 1 is 1.22 bits per heavy atom. The third-order valence-corrected chi connectivity index (χ3v) is 3.70. The molecular formula is C17H18ClN3O2. The van der Waals surface area contributed by atoms with Gasteiger partial charge in [0, 0.05) is 17.8 Å². The van der Waals surface area contributed by atoms with Crippen LogP contribution in [-0.4, -0.2) is 22.8 Å². The fourth-order valence-electron chi connectivity index (χ4n) is 1.85. The van der Waals surface area contributed by atoms with E-state index >= 15 is 0 Å². The van der Waals surface area contributed by atoms with Crippen LogP contribution in [0.3, 0.4) is 0 Å². The maximum atomic E-state index is 12.3. The highest BCUT2D eigenvalue weighted by Gasteiger charge is 2.14. The highest BCUT2D eigenvalue weighted by atomic mass is 35.5. The van der Waals surface area contributed by atoms with Crippen LogP contribution >= 0.6 is 11.6 Å². The van der Waals surface area contributed by atoms with E-state index < -0.39 is 0 Å². The van der Waals surface area contributed by atoms with Crippen LogP contribution in [0.2, 0.25) is 5.02 Å². The maximum Gasteiger partial charge on any atom is 0.270 e. The average Bonchev–Trinajstić information content (AvgIpc) is 2.56. The first-order valence-electron chi connectivity index (χ1n) is 7.34. The number of nitrogens with one attached hydrogen (secondary N) is 2. The van der Waals surface area contributed by atoms with E-state index in [1.54, 1.807) is 30.3 Å². The molecule has 1 aromatic carbocycles. The number of halogens is 1. The lowest BCUT2D eigenvalue weighted by Gasteiger charge is -2.11. The zero-order chi connectivity index (χ0) is 16.8. The largest absolute Gasteiger partial charge is 0.348 e. The van der Waals surface area contributed by atoms with Crippen LogP contribution in [0.25, 0.3) is 0 Å². The van der Waals surface area contributed by atoms with Crippen molar-refractivity contribution in [1.82, 2.24) is 10.3 Å². The molecule has 1 atom stereocenters. The van der Waals surface area contributed by atoms with E-state index in [0.717, 1.165) is 6.42 Å². The molecule has 2 aromatic rings. The molecule has 1 unspecified atom stereocenters. The van der Waals surface area contributed by atoms with Gasteiger partial charge in [-0.25, -0.2) is 0 Å². The predicted molar refractivity (Wildman–Crippen MR) is 90.9 cm³/mol. The fraction of sp³-hybridized carbons (Fsp3) is 0.235. The summed E-state index contributed by atoms with van der Waals surface area (Å²) in [6.07, 6.45) is 2.26. The van der Waals surface area contributed by atoms with Crippen LogP contribution in [0.4, 0.5) is 5.69 Å². The van der Waals surface area contributed by atoms with Crippen molar-refractivity contribution < 1.29 is 9.59 Å². The van der Waals surface area contributed by atoms with Crippen molar-refractivity contribution in [3.8, 4) is 0 Å². The lowest BCUT2D eigenvalue weighted by Crippen LogP contribution is -2.32. The summed E-state index contributed by atoms with van der Waals surface area (Å²) < 4.78 is 0. The van der Waals surface area contributed by atoms with Crippen molar-refractivity contribution >= 4 is 29.1 Å². The molecule has 23 heavy (non-hydrogen) atoms. The summed E-state index contributed by atoms with van der Waals surface area (Å²) in [5, 5.41) is 5.98. The Kier molecular flexibility index (Phi) is 5.71. The highest BCUT2D eigenvalue weighted by molar-refractivity contribution is 6.33. The van der Waals surface area contributed by atoms with Crippen molar-refractivity contribution in [1.29, 1.82) is 0 Å². The zero-order valence-electron chi connectivity index (χ0n) is 13.0. The first kappa shape index (κ1) is 17.0. The number of aromatic nitrogens is 1. The quantitative estimate of drug-likeness (QED) is 0.880. The van der Waals surface area contributed by atoms with Crippen molar-refractivity contribution in [3.05, 3.63) is 58.9 Å². The number of rotatable bonds is 5. The molecule has 0 saturated heterocycles. The number of hydrogen-bond acceptors (Lipinski definition) is 3. The van der Waals surface area contributed by atoms with Gasteiger partial charge in [-0.3, -0.25) is 14.6 Å². The molecule has 0 aliphatic heterocycles. The molecule has 0 saturated carbocycles. The molecule has 0 spiro atoms. The molecular weight excluding hydrogens is 314 g/mol. The van der Waals surface area contributed by atoms with Crippen molar-refractivity contribution in [3.63, 3.8) is 0 Å². The Morgan fingerprint density at radius 2 is 1.96 bits per heavy atom. The number of hydrogen-bond donors (Lipinski definition) is 2. The lowest BCUT2D eigenvalue weighted by molar-refractivity contribution is 0.0934. The van der Waals surface area contributed by atoms with E-state index in [9.17, 15) is 9.59 Å². The topological polar surface area (TPSA) is 71.1 Å². The molecule has 0 radical (unpaired) electrons. The number of anilines is 1. The van der Waals surface area contributed by atoms with Crippen LogP contribution in [0.15, 0.2) is 42.6 Å². The third kappa shape index (κ3) is 4.53. The van der Waals surface area contributed by atoms with E-state index in [4.69, 9.17) is 11.6 Å². The van der Waals surface area contributed by atoms with Crippen LogP contribution in [0, 0.1) is 0 Å². The number of carbonyl (C=O) groups excluding carboxylic acids is 2. The Hall–Kier alpha value is -2.40. The second kappa shape index (κ2) is 7.74. The molecule has 0 bridgehead atoms. The highest BCUT2D eigenvalue weighted by Crippen LogP contribution is 2.21. The van der Waals surface area contributed by atoms with Gasteiger partial charge in [-0.2, -0.15) is 0 Å². The van der Waals surface area contributed by atoms with E-state index in [-0.39, 0.29) is 23.6 Å². The van der Waals surface area contributed by atoms with E-state index in [1.807, 2.05) is 13.8 Å². The molecule has 2 amide bonds. The van der Waals surface area contributed by atoms with Gasteiger partial charge in [0.25, 0.3) is 11.8 Å². The lowest BCUT2D eigenvalue weighted by atomic mass is 10.2. The second-order valence-electron chi connectivity index (χ2n) is 5.15. The fourth-order valence-corrected chi connectivity index (χ4v) is 2.04. The maximum absolute atomic E-state index is 12.3. The first-order valence-corrected chi connectivity index (χ1v) is 7.72. The van der Waals surface area contributed by atoms with Crippen molar-refractivity contribution in [2.24, 2.45) is 0 Å². The Bertz CT molecular complexity index is 718. The van der Waals surface area contributed by atoms with Crippen LogP contribution in [0.1, 0.15) is 41.1 Å². The molecule has 2 N–H and O–H groups in total. The smallest absolute Gasteiger partial charge is 0.270 e. The molecule has 0 aliphatic carbocycles. The number of amides is 2.